The van der Waals surface area contributed by atoms with Crippen molar-refractivity contribution in [2.45, 2.75) is 19.4 Å². The first-order valence-corrected chi connectivity index (χ1v) is 4.54. The summed E-state index contributed by atoms with van der Waals surface area (Å²) in [6.45, 7) is 4.48. The number of halogens is 1. The number of ether oxygens (including phenoxy) is 1. The molecule has 3 nitrogen and oxygen atoms in total. The van der Waals surface area contributed by atoms with Crippen molar-refractivity contribution in [3.05, 3.63) is 29.8 Å². The largest absolute Gasteiger partial charge is 0.379 e. The molecule has 0 bridgehead atoms. The highest BCUT2D eigenvalue weighted by atomic mass is 19.1. The van der Waals surface area contributed by atoms with Gasteiger partial charge in [0.1, 0.15) is 5.82 Å². The number of aromatic nitrogens is 1. The fourth-order valence-corrected chi connectivity index (χ4v) is 1.23. The van der Waals surface area contributed by atoms with Crippen LogP contribution < -0.4 is 5.73 Å². The molecule has 0 aliphatic carbocycles. The lowest BCUT2D eigenvalue weighted by Crippen LogP contribution is -2.39. The lowest BCUT2D eigenvalue weighted by Gasteiger charge is -2.24. The Bertz CT molecular complexity index is 302. The van der Waals surface area contributed by atoms with Gasteiger partial charge in [-0.15, -0.1) is 0 Å². The Morgan fingerprint density at radius 2 is 2.36 bits per heavy atom. The molecule has 1 atom stereocenters. The zero-order valence-electron chi connectivity index (χ0n) is 8.46. The van der Waals surface area contributed by atoms with Crippen molar-refractivity contribution in [3.8, 4) is 0 Å². The second-order valence-corrected chi connectivity index (χ2v) is 3.41. The highest BCUT2D eigenvalue weighted by Crippen LogP contribution is 2.20. The third-order valence-electron chi connectivity index (χ3n) is 1.99. The van der Waals surface area contributed by atoms with Crippen molar-refractivity contribution >= 4 is 0 Å². The molecule has 0 amide bonds. The van der Waals surface area contributed by atoms with Crippen molar-refractivity contribution in [1.82, 2.24) is 4.98 Å². The van der Waals surface area contributed by atoms with E-state index in [-0.39, 0.29) is 0 Å². The second-order valence-electron chi connectivity index (χ2n) is 3.41. The zero-order valence-corrected chi connectivity index (χ0v) is 8.46. The van der Waals surface area contributed by atoms with E-state index in [2.05, 4.69) is 4.98 Å². The quantitative estimate of drug-likeness (QED) is 0.796. The summed E-state index contributed by atoms with van der Waals surface area (Å²) in [5, 5.41) is 0. The third kappa shape index (κ3) is 2.49. The van der Waals surface area contributed by atoms with Crippen molar-refractivity contribution in [3.63, 3.8) is 0 Å². The molecule has 1 aromatic heterocycles. The number of nitrogens with zero attached hydrogens (tertiary/aromatic N) is 1. The molecule has 0 fully saturated rings. The van der Waals surface area contributed by atoms with Crippen LogP contribution in [0.5, 0.6) is 0 Å². The van der Waals surface area contributed by atoms with Gasteiger partial charge in [0.2, 0.25) is 0 Å². The lowest BCUT2D eigenvalue weighted by molar-refractivity contribution is 0.0993. The smallest absolute Gasteiger partial charge is 0.146 e. The average molecular weight is 198 g/mol. The van der Waals surface area contributed by atoms with Gasteiger partial charge in [-0.1, -0.05) is 0 Å². The van der Waals surface area contributed by atoms with Crippen LogP contribution in [0.2, 0.25) is 0 Å². The Hall–Kier alpha value is -1.00. The zero-order chi connectivity index (χ0) is 10.6. The maximum atomic E-state index is 13.3. The summed E-state index contributed by atoms with van der Waals surface area (Å²) in [7, 11) is 0. The maximum absolute atomic E-state index is 13.3. The Morgan fingerprint density at radius 1 is 1.64 bits per heavy atom. The van der Waals surface area contributed by atoms with Gasteiger partial charge in [-0.05, 0) is 19.9 Å². The van der Waals surface area contributed by atoms with Gasteiger partial charge in [-0.2, -0.15) is 0 Å². The lowest BCUT2D eigenvalue weighted by atomic mass is 9.95. The van der Waals surface area contributed by atoms with E-state index in [4.69, 9.17) is 10.5 Å². The predicted molar refractivity (Wildman–Crippen MR) is 52.2 cm³/mol. The minimum atomic E-state index is -0.803. The van der Waals surface area contributed by atoms with Crippen LogP contribution in [-0.2, 0) is 10.3 Å². The molecule has 0 aliphatic rings. The summed E-state index contributed by atoms with van der Waals surface area (Å²) in [5.41, 5.74) is 5.56. The van der Waals surface area contributed by atoms with Crippen molar-refractivity contribution in [2.75, 3.05) is 13.2 Å². The molecule has 0 spiro atoms. The van der Waals surface area contributed by atoms with E-state index < -0.39 is 11.4 Å². The monoisotopic (exact) mass is 198 g/mol. The summed E-state index contributed by atoms with van der Waals surface area (Å²) in [4.78, 5) is 3.67. The molecule has 0 aliphatic heterocycles. The molecular formula is C10H15FN2O. The predicted octanol–water partition coefficient (Wildman–Crippen LogP) is 1.43. The van der Waals surface area contributed by atoms with E-state index in [9.17, 15) is 4.39 Å². The van der Waals surface area contributed by atoms with Crippen molar-refractivity contribution in [1.29, 1.82) is 0 Å². The molecule has 0 saturated heterocycles. The van der Waals surface area contributed by atoms with Gasteiger partial charge in [0, 0.05) is 18.4 Å². The van der Waals surface area contributed by atoms with E-state index in [1.807, 2.05) is 6.92 Å². The minimum Gasteiger partial charge on any atom is -0.379 e. The van der Waals surface area contributed by atoms with Gasteiger partial charge in [0.05, 0.1) is 18.3 Å². The average Bonchev–Trinajstić information content (AvgIpc) is 2.15. The highest BCUT2D eigenvalue weighted by Gasteiger charge is 2.24. The van der Waals surface area contributed by atoms with Crippen LogP contribution in [0, 0.1) is 5.82 Å². The SMILES string of the molecule is CCOCC(C)(N)c1ccncc1F. The summed E-state index contributed by atoms with van der Waals surface area (Å²) >= 11 is 0. The summed E-state index contributed by atoms with van der Waals surface area (Å²) in [5.74, 6) is -0.391. The highest BCUT2D eigenvalue weighted by molar-refractivity contribution is 5.21. The molecule has 1 rings (SSSR count). The molecular weight excluding hydrogens is 183 g/mol. The van der Waals surface area contributed by atoms with E-state index in [0.717, 1.165) is 6.20 Å². The number of hydrogen-bond donors (Lipinski definition) is 1. The first-order valence-electron chi connectivity index (χ1n) is 4.54. The van der Waals surface area contributed by atoms with Crippen molar-refractivity contribution in [2.24, 2.45) is 5.73 Å². The van der Waals surface area contributed by atoms with Gasteiger partial charge in [0.15, 0.2) is 0 Å². The Kier molecular flexibility index (Phi) is 3.55. The topological polar surface area (TPSA) is 48.1 Å². The van der Waals surface area contributed by atoms with Crippen LogP contribution in [0.1, 0.15) is 19.4 Å². The van der Waals surface area contributed by atoms with Gasteiger partial charge in [-0.25, -0.2) is 4.39 Å². The van der Waals surface area contributed by atoms with Crippen LogP contribution in [-0.4, -0.2) is 18.2 Å². The van der Waals surface area contributed by atoms with Crippen LogP contribution in [0.25, 0.3) is 0 Å². The first-order chi connectivity index (χ1) is 6.58. The van der Waals surface area contributed by atoms with E-state index in [0.29, 0.717) is 18.8 Å². The number of hydrogen-bond acceptors (Lipinski definition) is 3. The Morgan fingerprint density at radius 3 is 2.93 bits per heavy atom. The van der Waals surface area contributed by atoms with Gasteiger partial charge in [0.25, 0.3) is 0 Å². The van der Waals surface area contributed by atoms with E-state index >= 15 is 0 Å². The van der Waals surface area contributed by atoms with Crippen LogP contribution in [0.15, 0.2) is 18.5 Å². The first kappa shape index (κ1) is 11.1. The summed E-state index contributed by atoms with van der Waals surface area (Å²) < 4.78 is 18.5. The van der Waals surface area contributed by atoms with Gasteiger partial charge in [-0.3, -0.25) is 4.98 Å². The normalized spacial score (nSPS) is 15.1. The van der Waals surface area contributed by atoms with Crippen LogP contribution >= 0.6 is 0 Å². The van der Waals surface area contributed by atoms with Crippen LogP contribution in [0.3, 0.4) is 0 Å². The summed E-state index contributed by atoms with van der Waals surface area (Å²) in [6, 6.07) is 1.58. The molecule has 0 saturated carbocycles. The number of rotatable bonds is 4. The van der Waals surface area contributed by atoms with Crippen LogP contribution in [0.4, 0.5) is 4.39 Å². The number of nitrogens with two attached hydrogens (primary N) is 1. The van der Waals surface area contributed by atoms with Gasteiger partial charge < -0.3 is 10.5 Å². The van der Waals surface area contributed by atoms with Gasteiger partial charge >= 0.3 is 0 Å². The number of pyridine rings is 1. The molecule has 0 aromatic carbocycles. The molecule has 0 radical (unpaired) electrons. The molecule has 78 valence electrons. The Labute approximate surface area is 83.1 Å². The molecule has 4 heteroatoms. The standard InChI is InChI=1S/C10H15FN2O/c1-3-14-7-10(2,12)8-4-5-13-6-9(8)11/h4-6H,3,7,12H2,1-2H3. The molecule has 1 unspecified atom stereocenters. The maximum Gasteiger partial charge on any atom is 0.146 e. The molecule has 2 N–H and O–H groups in total. The molecule has 14 heavy (non-hydrogen) atoms. The fraction of sp³-hybridized carbons (Fsp3) is 0.500. The minimum absolute atomic E-state index is 0.296. The molecule has 1 heterocycles. The van der Waals surface area contributed by atoms with E-state index in [1.165, 1.54) is 6.20 Å². The van der Waals surface area contributed by atoms with Crippen molar-refractivity contribution < 1.29 is 9.13 Å². The fourth-order valence-electron chi connectivity index (χ4n) is 1.23. The third-order valence-corrected chi connectivity index (χ3v) is 1.99. The summed E-state index contributed by atoms with van der Waals surface area (Å²) in [6.07, 6.45) is 2.68. The second kappa shape index (κ2) is 4.48. The Balaban J connectivity index is 2.86. The molecule has 1 aromatic rings. The van der Waals surface area contributed by atoms with E-state index in [1.54, 1.807) is 13.0 Å².